The Hall–Kier alpha value is -2.66. The molecular weight excluding hydrogens is 344 g/mol. The van der Waals surface area contributed by atoms with Crippen LogP contribution in [0.1, 0.15) is 24.1 Å². The minimum atomic E-state index is 0.199. The van der Waals surface area contributed by atoms with Crippen molar-refractivity contribution < 1.29 is 9.53 Å². The highest BCUT2D eigenvalue weighted by Gasteiger charge is 2.21. The van der Waals surface area contributed by atoms with Crippen LogP contribution in [0.2, 0.25) is 0 Å². The Bertz CT molecular complexity index is 901. The van der Waals surface area contributed by atoms with E-state index in [1.807, 2.05) is 34.5 Å². The van der Waals surface area contributed by atoms with Gasteiger partial charge in [-0.05, 0) is 37.6 Å². The van der Waals surface area contributed by atoms with E-state index in [9.17, 15) is 4.79 Å². The Morgan fingerprint density at radius 3 is 2.58 bits per heavy atom. The SMILES string of the molecule is Cc1ccc(-c2nc(COc3ccc(N4CCCC4=O)cc3)cs2)cc1. The van der Waals surface area contributed by atoms with E-state index in [0.717, 1.165) is 40.7 Å². The number of anilines is 1. The number of thiazole rings is 1. The molecule has 1 aliphatic rings. The molecule has 5 heteroatoms. The van der Waals surface area contributed by atoms with Crippen LogP contribution in [0.15, 0.2) is 53.9 Å². The lowest BCUT2D eigenvalue weighted by Gasteiger charge is -2.15. The number of carbonyl (C=O) groups is 1. The fourth-order valence-corrected chi connectivity index (χ4v) is 3.81. The topological polar surface area (TPSA) is 42.4 Å². The summed E-state index contributed by atoms with van der Waals surface area (Å²) in [7, 11) is 0. The number of rotatable bonds is 5. The number of aromatic nitrogens is 1. The first-order chi connectivity index (χ1) is 12.7. The van der Waals surface area contributed by atoms with Crippen molar-refractivity contribution in [1.29, 1.82) is 0 Å². The summed E-state index contributed by atoms with van der Waals surface area (Å²) in [5.74, 6) is 0.982. The van der Waals surface area contributed by atoms with Gasteiger partial charge < -0.3 is 9.64 Å². The minimum Gasteiger partial charge on any atom is -0.487 e. The predicted octanol–water partition coefficient (Wildman–Crippen LogP) is 4.82. The maximum absolute atomic E-state index is 11.8. The number of hydrogen-bond donors (Lipinski definition) is 0. The van der Waals surface area contributed by atoms with E-state index < -0.39 is 0 Å². The van der Waals surface area contributed by atoms with Crippen LogP contribution in [0.4, 0.5) is 5.69 Å². The minimum absolute atomic E-state index is 0.199. The summed E-state index contributed by atoms with van der Waals surface area (Å²) in [6.07, 6.45) is 1.58. The van der Waals surface area contributed by atoms with E-state index in [1.54, 1.807) is 11.3 Å². The van der Waals surface area contributed by atoms with Gasteiger partial charge in [0.25, 0.3) is 0 Å². The van der Waals surface area contributed by atoms with Crippen LogP contribution in [-0.2, 0) is 11.4 Å². The Kier molecular flexibility index (Phi) is 4.71. The van der Waals surface area contributed by atoms with Gasteiger partial charge in [0.05, 0.1) is 5.69 Å². The first kappa shape index (κ1) is 16.8. The standard InChI is InChI=1S/C21H20N2O2S/c1-15-4-6-16(7-5-15)21-22-17(14-26-21)13-25-19-10-8-18(9-11-19)23-12-2-3-20(23)24/h4-11,14H,2-3,12-13H2,1H3. The van der Waals surface area contributed by atoms with Gasteiger partial charge in [-0.25, -0.2) is 4.98 Å². The van der Waals surface area contributed by atoms with Crippen molar-refractivity contribution >= 4 is 22.9 Å². The van der Waals surface area contributed by atoms with Gasteiger partial charge in [0.1, 0.15) is 17.4 Å². The number of nitrogens with zero attached hydrogens (tertiary/aromatic N) is 2. The van der Waals surface area contributed by atoms with Gasteiger partial charge in [0.2, 0.25) is 5.91 Å². The molecule has 0 aliphatic carbocycles. The zero-order valence-corrected chi connectivity index (χ0v) is 15.5. The lowest BCUT2D eigenvalue weighted by molar-refractivity contribution is -0.117. The summed E-state index contributed by atoms with van der Waals surface area (Å²) in [5, 5.41) is 3.04. The molecule has 0 spiro atoms. The molecule has 4 nitrogen and oxygen atoms in total. The molecule has 1 fully saturated rings. The van der Waals surface area contributed by atoms with Crippen LogP contribution < -0.4 is 9.64 Å². The van der Waals surface area contributed by atoms with Crippen molar-refractivity contribution in [3.8, 4) is 16.3 Å². The summed E-state index contributed by atoms with van der Waals surface area (Å²) in [6, 6.07) is 16.1. The molecule has 0 bridgehead atoms. The maximum atomic E-state index is 11.8. The highest BCUT2D eigenvalue weighted by molar-refractivity contribution is 7.13. The molecule has 4 rings (SSSR count). The lowest BCUT2D eigenvalue weighted by Crippen LogP contribution is -2.23. The van der Waals surface area contributed by atoms with Crippen molar-refractivity contribution in [3.05, 3.63) is 65.2 Å². The molecule has 2 heterocycles. The second-order valence-corrected chi connectivity index (χ2v) is 7.30. The van der Waals surface area contributed by atoms with Gasteiger partial charge in [-0.3, -0.25) is 4.79 Å². The molecular formula is C21H20N2O2S. The second kappa shape index (κ2) is 7.30. The number of benzene rings is 2. The van der Waals surface area contributed by atoms with Gasteiger partial charge >= 0.3 is 0 Å². The van der Waals surface area contributed by atoms with E-state index in [2.05, 4.69) is 36.2 Å². The molecule has 1 saturated heterocycles. The highest BCUT2D eigenvalue weighted by atomic mass is 32.1. The monoisotopic (exact) mass is 364 g/mol. The molecule has 1 amide bonds. The number of ether oxygens (including phenoxy) is 1. The molecule has 1 aliphatic heterocycles. The van der Waals surface area contributed by atoms with Crippen molar-refractivity contribution in [2.24, 2.45) is 0 Å². The molecule has 0 atom stereocenters. The number of aryl methyl sites for hydroxylation is 1. The molecule has 1 aromatic heterocycles. The van der Waals surface area contributed by atoms with Gasteiger partial charge in [0.15, 0.2) is 0 Å². The number of amides is 1. The maximum Gasteiger partial charge on any atom is 0.227 e. The number of carbonyl (C=O) groups excluding carboxylic acids is 1. The molecule has 132 valence electrons. The fraction of sp³-hybridized carbons (Fsp3) is 0.238. The van der Waals surface area contributed by atoms with E-state index in [1.165, 1.54) is 5.56 Å². The molecule has 26 heavy (non-hydrogen) atoms. The van der Waals surface area contributed by atoms with Crippen molar-refractivity contribution in [2.75, 3.05) is 11.4 Å². The first-order valence-electron chi connectivity index (χ1n) is 8.74. The summed E-state index contributed by atoms with van der Waals surface area (Å²) in [5.41, 5.74) is 4.24. The van der Waals surface area contributed by atoms with Crippen LogP contribution in [0, 0.1) is 6.92 Å². The third kappa shape index (κ3) is 3.63. The molecule has 0 saturated carbocycles. The van der Waals surface area contributed by atoms with Crippen LogP contribution in [0.5, 0.6) is 5.75 Å². The van der Waals surface area contributed by atoms with Crippen molar-refractivity contribution in [3.63, 3.8) is 0 Å². The summed E-state index contributed by atoms with van der Waals surface area (Å²) < 4.78 is 5.85. The van der Waals surface area contributed by atoms with Gasteiger partial charge in [-0.2, -0.15) is 0 Å². The zero-order chi connectivity index (χ0) is 17.9. The quantitative estimate of drug-likeness (QED) is 0.651. The largest absolute Gasteiger partial charge is 0.487 e. The first-order valence-corrected chi connectivity index (χ1v) is 9.62. The Balaban J connectivity index is 1.38. The Labute approximate surface area is 157 Å². The van der Waals surface area contributed by atoms with E-state index >= 15 is 0 Å². The molecule has 0 unspecified atom stereocenters. The lowest BCUT2D eigenvalue weighted by atomic mass is 10.2. The molecule has 0 N–H and O–H groups in total. The fourth-order valence-electron chi connectivity index (χ4n) is 3.00. The van der Waals surface area contributed by atoms with Crippen LogP contribution in [-0.4, -0.2) is 17.4 Å². The summed E-state index contributed by atoms with van der Waals surface area (Å²) >= 11 is 1.63. The average Bonchev–Trinajstić information content (AvgIpc) is 3.30. The molecule has 3 aromatic rings. The van der Waals surface area contributed by atoms with Crippen LogP contribution >= 0.6 is 11.3 Å². The third-order valence-corrected chi connectivity index (χ3v) is 5.40. The summed E-state index contributed by atoms with van der Waals surface area (Å²) in [6.45, 7) is 3.32. The predicted molar refractivity (Wildman–Crippen MR) is 105 cm³/mol. The van der Waals surface area contributed by atoms with Crippen LogP contribution in [0.3, 0.4) is 0 Å². The van der Waals surface area contributed by atoms with Crippen LogP contribution in [0.25, 0.3) is 10.6 Å². The summed E-state index contributed by atoms with van der Waals surface area (Å²) in [4.78, 5) is 18.3. The average molecular weight is 364 g/mol. The van der Waals surface area contributed by atoms with E-state index in [4.69, 9.17) is 4.74 Å². The van der Waals surface area contributed by atoms with Crippen molar-refractivity contribution in [2.45, 2.75) is 26.4 Å². The van der Waals surface area contributed by atoms with Crippen molar-refractivity contribution in [1.82, 2.24) is 4.98 Å². The van der Waals surface area contributed by atoms with Gasteiger partial charge in [-0.15, -0.1) is 11.3 Å². The van der Waals surface area contributed by atoms with E-state index in [0.29, 0.717) is 13.0 Å². The Morgan fingerprint density at radius 2 is 1.88 bits per heavy atom. The Morgan fingerprint density at radius 1 is 1.12 bits per heavy atom. The van der Waals surface area contributed by atoms with Gasteiger partial charge in [0, 0.05) is 29.6 Å². The third-order valence-electron chi connectivity index (χ3n) is 4.46. The number of hydrogen-bond acceptors (Lipinski definition) is 4. The van der Waals surface area contributed by atoms with E-state index in [-0.39, 0.29) is 5.91 Å². The highest BCUT2D eigenvalue weighted by Crippen LogP contribution is 2.26. The smallest absolute Gasteiger partial charge is 0.227 e. The second-order valence-electron chi connectivity index (χ2n) is 6.44. The normalized spacial score (nSPS) is 14.0. The zero-order valence-electron chi connectivity index (χ0n) is 14.6. The molecule has 2 aromatic carbocycles. The molecule has 0 radical (unpaired) electrons. The van der Waals surface area contributed by atoms with Gasteiger partial charge in [-0.1, -0.05) is 29.8 Å².